The van der Waals surface area contributed by atoms with Gasteiger partial charge in [-0.15, -0.1) is 0 Å². The fourth-order valence-corrected chi connectivity index (χ4v) is 0. The largest absolute Gasteiger partial charge is 0.542 e. The molecule has 2 nitrogen and oxygen atoms in total. The zero-order valence-electron chi connectivity index (χ0n) is 2.69. The first-order valence-electron chi connectivity index (χ1n) is 1.15. The van der Waals surface area contributed by atoms with E-state index in [2.05, 4.69) is 15.8 Å². The van der Waals surface area contributed by atoms with Gasteiger partial charge in [0, 0.05) is 0 Å². The molecule has 0 aliphatic heterocycles. The lowest BCUT2D eigenvalue weighted by Gasteiger charge is -1.77. The summed E-state index contributed by atoms with van der Waals surface area (Å²) >= 11 is 2.17. The van der Waals surface area contributed by atoms with E-state index in [1.807, 2.05) is 0 Å². The van der Waals surface area contributed by atoms with Crippen LogP contribution in [-0.4, -0.2) is 16.8 Å². The van der Waals surface area contributed by atoms with Gasteiger partial charge in [-0.3, -0.25) is 4.79 Å². The summed E-state index contributed by atoms with van der Waals surface area (Å²) in [6.45, 7) is 0. The highest BCUT2D eigenvalue weighted by atomic mass is 79.9. The molecule has 0 radical (unpaired) electrons. The summed E-state index contributed by atoms with van der Waals surface area (Å²) in [5, 5.41) is 7.57. The molecule has 0 rings (SSSR count). The van der Waals surface area contributed by atoms with Gasteiger partial charge in [-0.1, -0.05) is 15.8 Å². The van der Waals surface area contributed by atoms with E-state index in [1.54, 1.807) is 0 Å². The smallest absolute Gasteiger partial charge is 0.486 e. The molecule has 0 atom stereocenters. The molecule has 34 valence electrons. The number of hydrogen-bond donors (Lipinski definition) is 1. The van der Waals surface area contributed by atoms with Gasteiger partial charge in [0.2, 0.25) is 0 Å². The van der Waals surface area contributed by atoms with Crippen molar-refractivity contribution >= 4 is 27.4 Å². The highest BCUT2D eigenvalue weighted by Crippen LogP contribution is 1.93. The van der Waals surface area contributed by atoms with Crippen LogP contribution in [0, 0.1) is 0 Å². The molecule has 0 aromatic rings. The molecule has 0 amide bonds. The Morgan fingerprint density at radius 1 is 2.00 bits per heavy atom. The van der Waals surface area contributed by atoms with E-state index in [9.17, 15) is 9.11 Å². The van der Waals surface area contributed by atoms with E-state index in [1.165, 1.54) is 0 Å². The van der Waals surface area contributed by atoms with Crippen LogP contribution in [0.2, 0.25) is 0 Å². The van der Waals surface area contributed by atoms with Crippen LogP contribution < -0.4 is 0 Å². The van der Waals surface area contributed by atoms with E-state index in [4.69, 9.17) is 5.11 Å². The van der Waals surface area contributed by atoms with E-state index in [0.717, 1.165) is 0 Å². The first-order chi connectivity index (χ1) is 2.64. The average molecular weight is 155 g/mol. The highest BCUT2D eigenvalue weighted by molar-refractivity contribution is 9.25. The lowest BCUT2D eigenvalue weighted by Crippen LogP contribution is -2.08. The second-order valence-corrected chi connectivity index (χ2v) is 1.44. The van der Waals surface area contributed by atoms with Crippen molar-refractivity contribution in [3.05, 3.63) is 0 Å². The maximum Gasteiger partial charge on any atom is 0.542 e. The van der Waals surface area contributed by atoms with Gasteiger partial charge in [0.1, 0.15) is 0 Å². The molecule has 0 heterocycles. The van der Waals surface area contributed by atoms with Gasteiger partial charge in [-0.25, -0.2) is 0 Å². The van der Waals surface area contributed by atoms with Crippen LogP contribution in [0.3, 0.4) is 0 Å². The second-order valence-electron chi connectivity index (χ2n) is 0.639. The van der Waals surface area contributed by atoms with Crippen LogP contribution in [0.1, 0.15) is 0 Å². The van der Waals surface area contributed by atoms with Gasteiger partial charge in [0.15, 0.2) is 0 Å². The maximum atomic E-state index is 11.1. The quantitative estimate of drug-likeness (QED) is 0.575. The van der Waals surface area contributed by atoms with Gasteiger partial charge >= 0.3 is 11.7 Å². The van der Waals surface area contributed by atoms with E-state index >= 15 is 0 Å². The van der Waals surface area contributed by atoms with Crippen molar-refractivity contribution in [3.8, 4) is 0 Å². The second kappa shape index (κ2) is 2.18. The Hall–Kier alpha value is -0.0551. The molecule has 0 fully saturated rings. The Morgan fingerprint density at radius 2 is 2.17 bits per heavy atom. The van der Waals surface area contributed by atoms with Gasteiger partial charge in [-0.2, -0.15) is 0 Å². The monoisotopic (exact) mass is 154 g/mol. The molecule has 0 aromatic carbocycles. The Balaban J connectivity index is 3.26. The summed E-state index contributed by atoms with van der Waals surface area (Å²) in [5.74, 6) is -3.41. The van der Waals surface area contributed by atoms with E-state index < -0.39 is 11.7 Å². The maximum absolute atomic E-state index is 11.1. The Kier molecular flexibility index (Phi) is 2.16. The third-order valence-corrected chi connectivity index (χ3v) is 0.578. The topological polar surface area (TPSA) is 37.3 Å². The first-order valence-corrected chi connectivity index (χ1v) is 2.07. The molecule has 1 N–H and O–H groups in total. The molecule has 6 heavy (non-hydrogen) atoms. The summed E-state index contributed by atoms with van der Waals surface area (Å²) < 4.78 is 11.1. The average Bonchev–Trinajstić information content (AvgIpc) is 1.36. The Labute approximate surface area is 42.4 Å². The normalized spacial score (nSPS) is 7.67. The number of carbonyl (C=O) groups is 1. The van der Waals surface area contributed by atoms with E-state index in [-0.39, 0.29) is 0 Å². The molecule has 0 aliphatic carbocycles. The minimum absolute atomic E-state index is 1.49. The van der Waals surface area contributed by atoms with Crippen molar-refractivity contribution in [2.75, 3.05) is 0 Å². The summed E-state index contributed by atoms with van der Waals surface area (Å²) in [6.07, 6.45) is 0. The van der Waals surface area contributed by atoms with Crippen molar-refractivity contribution in [1.82, 2.24) is 0 Å². The fourth-order valence-electron chi connectivity index (χ4n) is 0. The van der Waals surface area contributed by atoms with Crippen molar-refractivity contribution in [2.45, 2.75) is 0 Å². The third-order valence-electron chi connectivity index (χ3n) is 0.187. The summed E-state index contributed by atoms with van der Waals surface area (Å²) in [4.78, 5) is 9.28. The minimum Gasteiger partial charge on any atom is -0.486 e. The standard InChI is InChI=1S/CHBBrFO2/c3-2(4)1(5)6/h(H,5,6). The molecule has 0 bridgehead atoms. The lowest BCUT2D eigenvalue weighted by molar-refractivity contribution is 0.218. The molecule has 0 spiro atoms. The van der Waals surface area contributed by atoms with Crippen molar-refractivity contribution in [1.29, 1.82) is 0 Å². The lowest BCUT2D eigenvalue weighted by atomic mass is 10.1. The Morgan fingerprint density at radius 3 is 2.17 bits per heavy atom. The zero-order valence-corrected chi connectivity index (χ0v) is 4.27. The van der Waals surface area contributed by atoms with Crippen LogP contribution in [0.15, 0.2) is 0 Å². The number of hydrogen-bond acceptors (Lipinski definition) is 1. The predicted molar refractivity (Wildman–Crippen MR) is 23.8 cm³/mol. The summed E-state index contributed by atoms with van der Waals surface area (Å²) in [5.41, 5.74) is 0. The van der Waals surface area contributed by atoms with Crippen molar-refractivity contribution in [3.63, 3.8) is 0 Å². The van der Waals surface area contributed by atoms with Crippen LogP contribution in [0.5, 0.6) is 0 Å². The van der Waals surface area contributed by atoms with Gasteiger partial charge in [0.25, 0.3) is 0 Å². The fraction of sp³-hybridized carbons (Fsp3) is 0. The molecule has 0 aromatic heterocycles. The Bertz CT molecular complexity index is 64.6. The number of carboxylic acid groups (broad SMARTS) is 1. The van der Waals surface area contributed by atoms with Gasteiger partial charge in [-0.05, 0) is 0 Å². The molecule has 0 aliphatic rings. The predicted octanol–water partition coefficient (Wildman–Crippen LogP) is 1.10. The minimum atomic E-state index is -1.92. The molecular formula is CHBBrFO2. The molecule has 0 saturated heterocycles. The first kappa shape index (κ1) is 5.94. The third kappa shape index (κ3) is 2.20. The highest BCUT2D eigenvalue weighted by Gasteiger charge is 2.17. The van der Waals surface area contributed by atoms with Gasteiger partial charge in [0.05, 0.1) is 0 Å². The van der Waals surface area contributed by atoms with Crippen LogP contribution in [0.25, 0.3) is 0 Å². The SMILES string of the molecule is O=C(O)B(F)Br. The van der Waals surface area contributed by atoms with Crippen LogP contribution in [-0.2, 0) is 0 Å². The summed E-state index contributed by atoms with van der Waals surface area (Å²) in [7, 11) is 0. The number of halogens is 2. The summed E-state index contributed by atoms with van der Waals surface area (Å²) in [6, 6.07) is 0. The van der Waals surface area contributed by atoms with E-state index in [0.29, 0.717) is 0 Å². The van der Waals surface area contributed by atoms with Crippen molar-refractivity contribution < 1.29 is 14.2 Å². The molecule has 0 unspecified atom stereocenters. The number of rotatable bonds is 1. The molecule has 5 heteroatoms. The molecule has 0 saturated carbocycles. The van der Waals surface area contributed by atoms with Crippen LogP contribution >= 0.6 is 15.8 Å². The van der Waals surface area contributed by atoms with Crippen molar-refractivity contribution in [2.24, 2.45) is 0 Å². The zero-order chi connectivity index (χ0) is 5.15. The molecular weight excluding hydrogens is 154 g/mol. The van der Waals surface area contributed by atoms with Crippen LogP contribution in [0.4, 0.5) is 9.11 Å². The van der Waals surface area contributed by atoms with Gasteiger partial charge < -0.3 is 9.42 Å².